The van der Waals surface area contributed by atoms with Crippen molar-refractivity contribution in [3.8, 4) is 0 Å². The molecule has 1 aromatic heterocycles. The third-order valence-electron chi connectivity index (χ3n) is 4.22. The van der Waals surface area contributed by atoms with Crippen molar-refractivity contribution in [2.24, 2.45) is 0 Å². The minimum atomic E-state index is -0.0564. The number of amides is 1. The molecule has 4 nitrogen and oxygen atoms in total. The zero-order chi connectivity index (χ0) is 17.1. The van der Waals surface area contributed by atoms with Crippen LogP contribution in [0.2, 0.25) is 0 Å². The highest BCUT2D eigenvalue weighted by molar-refractivity contribution is 9.10. The number of benzene rings is 2. The van der Waals surface area contributed by atoms with E-state index in [0.29, 0.717) is 6.54 Å². The first-order valence-electron chi connectivity index (χ1n) is 7.79. The third-order valence-corrected chi connectivity index (χ3v) is 5.22. The summed E-state index contributed by atoms with van der Waals surface area (Å²) in [7, 11) is 0. The van der Waals surface area contributed by atoms with E-state index in [9.17, 15) is 9.90 Å². The van der Waals surface area contributed by atoms with Gasteiger partial charge in [-0.3, -0.25) is 4.79 Å². The Bertz CT molecular complexity index is 886. The Labute approximate surface area is 149 Å². The zero-order valence-electron chi connectivity index (χ0n) is 13.4. The first-order valence-corrected chi connectivity index (χ1v) is 8.58. The van der Waals surface area contributed by atoms with E-state index in [-0.39, 0.29) is 19.1 Å². The SMILES string of the molecule is Cc1c(Br)c2ccccc2n1CC(=O)NCc1ccccc1CO. The molecule has 0 aliphatic heterocycles. The molecule has 2 N–H and O–H groups in total. The monoisotopic (exact) mass is 386 g/mol. The minimum absolute atomic E-state index is 0.0274. The Morgan fingerprint density at radius 1 is 1.12 bits per heavy atom. The van der Waals surface area contributed by atoms with E-state index in [0.717, 1.165) is 32.2 Å². The number of fused-ring (bicyclic) bond motifs is 1. The number of carbonyl (C=O) groups excluding carboxylic acids is 1. The molecule has 0 spiro atoms. The Morgan fingerprint density at radius 3 is 2.54 bits per heavy atom. The number of aliphatic hydroxyl groups is 1. The Hall–Kier alpha value is -2.11. The van der Waals surface area contributed by atoms with Gasteiger partial charge in [-0.1, -0.05) is 42.5 Å². The topological polar surface area (TPSA) is 54.3 Å². The van der Waals surface area contributed by atoms with Crippen molar-refractivity contribution in [3.63, 3.8) is 0 Å². The van der Waals surface area contributed by atoms with Gasteiger partial charge in [0, 0.05) is 27.6 Å². The molecule has 1 heterocycles. The van der Waals surface area contributed by atoms with Crippen molar-refractivity contribution < 1.29 is 9.90 Å². The van der Waals surface area contributed by atoms with Gasteiger partial charge in [-0.05, 0) is 40.0 Å². The van der Waals surface area contributed by atoms with Crippen LogP contribution in [0.4, 0.5) is 0 Å². The summed E-state index contributed by atoms with van der Waals surface area (Å²) in [4.78, 5) is 12.4. The minimum Gasteiger partial charge on any atom is -0.392 e. The lowest BCUT2D eigenvalue weighted by atomic mass is 10.1. The van der Waals surface area contributed by atoms with Crippen LogP contribution in [0.1, 0.15) is 16.8 Å². The number of nitrogens with one attached hydrogen (secondary N) is 1. The van der Waals surface area contributed by atoms with Crippen LogP contribution in [0, 0.1) is 6.92 Å². The van der Waals surface area contributed by atoms with Gasteiger partial charge in [0.05, 0.1) is 6.61 Å². The van der Waals surface area contributed by atoms with Crippen LogP contribution in [0.25, 0.3) is 10.9 Å². The Kier molecular flexibility index (Phi) is 5.02. The first kappa shape index (κ1) is 16.7. The van der Waals surface area contributed by atoms with Gasteiger partial charge in [-0.2, -0.15) is 0 Å². The van der Waals surface area contributed by atoms with E-state index < -0.39 is 0 Å². The Balaban J connectivity index is 1.75. The standard InChI is InChI=1S/C19H19BrN2O2/c1-13-19(20)16-8-4-5-9-17(16)22(13)11-18(24)21-10-14-6-2-3-7-15(14)12-23/h2-9,23H,10-12H2,1H3,(H,21,24). The maximum absolute atomic E-state index is 12.4. The zero-order valence-corrected chi connectivity index (χ0v) is 15.0. The fourth-order valence-corrected chi connectivity index (χ4v) is 3.42. The van der Waals surface area contributed by atoms with Crippen molar-refractivity contribution in [2.45, 2.75) is 26.6 Å². The molecule has 0 aliphatic rings. The predicted octanol–water partition coefficient (Wildman–Crippen LogP) is 3.52. The van der Waals surface area contributed by atoms with Crippen molar-refractivity contribution in [3.05, 3.63) is 69.8 Å². The molecular weight excluding hydrogens is 368 g/mol. The maximum atomic E-state index is 12.4. The molecule has 24 heavy (non-hydrogen) atoms. The van der Waals surface area contributed by atoms with E-state index in [1.807, 2.05) is 60.0 Å². The highest BCUT2D eigenvalue weighted by atomic mass is 79.9. The molecule has 5 heteroatoms. The van der Waals surface area contributed by atoms with E-state index >= 15 is 0 Å². The number of hydrogen-bond acceptors (Lipinski definition) is 2. The predicted molar refractivity (Wildman–Crippen MR) is 98.6 cm³/mol. The van der Waals surface area contributed by atoms with Crippen molar-refractivity contribution >= 4 is 32.7 Å². The second kappa shape index (κ2) is 7.20. The summed E-state index contributed by atoms with van der Waals surface area (Å²) < 4.78 is 3.03. The largest absolute Gasteiger partial charge is 0.392 e. The van der Waals surface area contributed by atoms with Crippen LogP contribution in [-0.2, 0) is 24.5 Å². The summed E-state index contributed by atoms with van der Waals surface area (Å²) in [6.45, 7) is 2.65. The number of carbonyl (C=O) groups is 1. The second-order valence-corrected chi connectivity index (χ2v) is 6.50. The molecule has 0 radical (unpaired) electrons. The quantitative estimate of drug-likeness (QED) is 0.704. The lowest BCUT2D eigenvalue weighted by Crippen LogP contribution is -2.27. The van der Waals surface area contributed by atoms with E-state index in [1.54, 1.807) is 0 Å². The number of rotatable bonds is 5. The molecule has 0 atom stereocenters. The van der Waals surface area contributed by atoms with Gasteiger partial charge < -0.3 is 15.0 Å². The number of aromatic nitrogens is 1. The van der Waals surface area contributed by atoms with Crippen molar-refractivity contribution in [1.29, 1.82) is 0 Å². The van der Waals surface area contributed by atoms with Crippen molar-refractivity contribution in [2.75, 3.05) is 0 Å². The molecule has 124 valence electrons. The fourth-order valence-electron chi connectivity index (χ4n) is 2.87. The van der Waals surface area contributed by atoms with Gasteiger partial charge >= 0.3 is 0 Å². The second-order valence-electron chi connectivity index (χ2n) is 5.71. The fraction of sp³-hybridized carbons (Fsp3) is 0.211. The summed E-state index contributed by atoms with van der Waals surface area (Å²) >= 11 is 3.61. The van der Waals surface area contributed by atoms with Crippen LogP contribution < -0.4 is 5.32 Å². The maximum Gasteiger partial charge on any atom is 0.240 e. The van der Waals surface area contributed by atoms with E-state index in [1.165, 1.54) is 0 Å². The number of hydrogen-bond donors (Lipinski definition) is 2. The normalized spacial score (nSPS) is 11.0. The molecule has 1 amide bonds. The van der Waals surface area contributed by atoms with Crippen LogP contribution in [0.3, 0.4) is 0 Å². The molecule has 2 aromatic carbocycles. The summed E-state index contributed by atoms with van der Waals surface area (Å²) in [5.41, 5.74) is 3.83. The van der Waals surface area contributed by atoms with Gasteiger partial charge in [0.25, 0.3) is 0 Å². The lowest BCUT2D eigenvalue weighted by Gasteiger charge is -2.11. The number of halogens is 1. The average molecular weight is 387 g/mol. The van der Waals surface area contributed by atoms with Crippen LogP contribution in [-0.4, -0.2) is 15.6 Å². The summed E-state index contributed by atoms with van der Waals surface area (Å²) in [6, 6.07) is 15.6. The van der Waals surface area contributed by atoms with Crippen LogP contribution >= 0.6 is 15.9 Å². The van der Waals surface area contributed by atoms with Gasteiger partial charge in [-0.15, -0.1) is 0 Å². The third kappa shape index (κ3) is 3.23. The van der Waals surface area contributed by atoms with Crippen LogP contribution in [0.5, 0.6) is 0 Å². The molecule has 0 aliphatic carbocycles. The summed E-state index contributed by atoms with van der Waals surface area (Å²) in [5.74, 6) is -0.0564. The first-order chi connectivity index (χ1) is 11.6. The highest BCUT2D eigenvalue weighted by Crippen LogP contribution is 2.30. The number of para-hydroxylation sites is 1. The van der Waals surface area contributed by atoms with Gasteiger partial charge in [0.15, 0.2) is 0 Å². The smallest absolute Gasteiger partial charge is 0.240 e. The lowest BCUT2D eigenvalue weighted by molar-refractivity contribution is -0.121. The van der Waals surface area contributed by atoms with Gasteiger partial charge in [0.2, 0.25) is 5.91 Å². The Morgan fingerprint density at radius 2 is 1.79 bits per heavy atom. The van der Waals surface area contributed by atoms with Gasteiger partial charge in [-0.25, -0.2) is 0 Å². The molecule has 0 saturated heterocycles. The molecular formula is C19H19BrN2O2. The molecule has 0 fully saturated rings. The molecule has 0 saturated carbocycles. The number of nitrogens with zero attached hydrogens (tertiary/aromatic N) is 1. The number of aliphatic hydroxyl groups excluding tert-OH is 1. The summed E-state index contributed by atoms with van der Waals surface area (Å²) in [5, 5.41) is 13.4. The highest BCUT2D eigenvalue weighted by Gasteiger charge is 2.14. The van der Waals surface area contributed by atoms with Crippen molar-refractivity contribution in [1.82, 2.24) is 9.88 Å². The van der Waals surface area contributed by atoms with E-state index in [2.05, 4.69) is 21.2 Å². The van der Waals surface area contributed by atoms with E-state index in [4.69, 9.17) is 0 Å². The summed E-state index contributed by atoms with van der Waals surface area (Å²) in [6.07, 6.45) is 0. The molecule has 0 bridgehead atoms. The molecule has 3 aromatic rings. The molecule has 0 unspecified atom stereocenters. The average Bonchev–Trinajstić information content (AvgIpc) is 2.85. The van der Waals surface area contributed by atoms with Gasteiger partial charge in [0.1, 0.15) is 6.54 Å². The van der Waals surface area contributed by atoms with Crippen LogP contribution in [0.15, 0.2) is 53.0 Å². The molecule has 3 rings (SSSR count).